The topological polar surface area (TPSA) is 56.8 Å². The fraction of sp³-hybridized carbons (Fsp3) is 0.650. The van der Waals surface area contributed by atoms with Crippen LogP contribution in [0.25, 0.3) is 0 Å². The van der Waals surface area contributed by atoms with Crippen molar-refractivity contribution in [2.45, 2.75) is 63.1 Å². The summed E-state index contributed by atoms with van der Waals surface area (Å²) in [6, 6.07) is 10.1. The van der Waals surface area contributed by atoms with E-state index in [0.717, 1.165) is 31.2 Å². The molecule has 2 heterocycles. The Morgan fingerprint density at radius 1 is 1.04 bits per heavy atom. The lowest BCUT2D eigenvalue weighted by molar-refractivity contribution is -0.127. The van der Waals surface area contributed by atoms with Crippen molar-refractivity contribution in [3.8, 4) is 0 Å². The second-order valence-corrected chi connectivity index (χ2v) is 7.38. The van der Waals surface area contributed by atoms with Crippen molar-refractivity contribution >= 4 is 5.91 Å². The minimum absolute atomic E-state index is 0.0512. The molecule has 5 nitrogen and oxygen atoms in total. The summed E-state index contributed by atoms with van der Waals surface area (Å²) in [6.45, 7) is 1.59. The van der Waals surface area contributed by atoms with Crippen molar-refractivity contribution in [2.24, 2.45) is 5.92 Å². The average molecular weight is 345 g/mol. The molecular formula is C20H27NO4. The maximum atomic E-state index is 12.5. The largest absolute Gasteiger partial charge is 0.370 e. The van der Waals surface area contributed by atoms with Gasteiger partial charge >= 0.3 is 0 Å². The lowest BCUT2D eigenvalue weighted by Crippen LogP contribution is -2.46. The summed E-state index contributed by atoms with van der Waals surface area (Å²) >= 11 is 0. The Morgan fingerprint density at radius 3 is 2.60 bits per heavy atom. The molecule has 0 radical (unpaired) electrons. The molecule has 136 valence electrons. The van der Waals surface area contributed by atoms with Crippen molar-refractivity contribution in [1.82, 2.24) is 5.32 Å². The number of ether oxygens (including phenoxy) is 3. The SMILES string of the molecule is O=C(N[C@H]1CO[C@H]2[C@@H]1OC[C@H]2OCc1ccccc1)C1CCCCC1. The maximum absolute atomic E-state index is 12.5. The Balaban J connectivity index is 1.28. The van der Waals surface area contributed by atoms with Crippen molar-refractivity contribution in [3.05, 3.63) is 35.9 Å². The highest BCUT2D eigenvalue weighted by Gasteiger charge is 2.49. The van der Waals surface area contributed by atoms with Gasteiger partial charge in [-0.1, -0.05) is 49.6 Å². The molecule has 3 aliphatic rings. The Labute approximate surface area is 149 Å². The van der Waals surface area contributed by atoms with Crippen LogP contribution >= 0.6 is 0 Å². The summed E-state index contributed by atoms with van der Waals surface area (Å²) in [5.41, 5.74) is 1.14. The molecule has 1 saturated carbocycles. The molecule has 2 aliphatic heterocycles. The third-order valence-corrected chi connectivity index (χ3v) is 5.62. The van der Waals surface area contributed by atoms with E-state index in [4.69, 9.17) is 14.2 Å². The van der Waals surface area contributed by atoms with E-state index in [2.05, 4.69) is 17.4 Å². The number of hydrogen-bond donors (Lipinski definition) is 1. The van der Waals surface area contributed by atoms with Gasteiger partial charge in [0.15, 0.2) is 0 Å². The van der Waals surface area contributed by atoms with Crippen LogP contribution in [0.2, 0.25) is 0 Å². The van der Waals surface area contributed by atoms with Crippen molar-refractivity contribution in [2.75, 3.05) is 13.2 Å². The van der Waals surface area contributed by atoms with Gasteiger partial charge in [-0.3, -0.25) is 4.79 Å². The van der Waals surface area contributed by atoms with Crippen LogP contribution in [0.5, 0.6) is 0 Å². The average Bonchev–Trinajstić information content (AvgIpc) is 3.25. The molecule has 0 unspecified atom stereocenters. The molecule has 4 rings (SSSR count). The standard InChI is InChI=1S/C20H27NO4/c22-20(15-9-5-2-6-10-15)21-16-12-24-19-17(13-25-18(16)19)23-11-14-7-3-1-4-8-14/h1,3-4,7-8,15-19H,2,5-6,9-13H2,(H,21,22)/t16-,17+,18+,19+/m0/s1. The van der Waals surface area contributed by atoms with E-state index in [0.29, 0.717) is 19.8 Å². The second-order valence-electron chi connectivity index (χ2n) is 7.38. The normalized spacial score (nSPS) is 32.5. The number of hydrogen-bond acceptors (Lipinski definition) is 4. The highest BCUT2D eigenvalue weighted by Crippen LogP contribution is 2.30. The van der Waals surface area contributed by atoms with E-state index in [9.17, 15) is 4.79 Å². The van der Waals surface area contributed by atoms with Gasteiger partial charge < -0.3 is 19.5 Å². The summed E-state index contributed by atoms with van der Waals surface area (Å²) in [4.78, 5) is 12.5. The molecule has 1 amide bonds. The quantitative estimate of drug-likeness (QED) is 0.890. The summed E-state index contributed by atoms with van der Waals surface area (Å²) < 4.78 is 17.8. The van der Waals surface area contributed by atoms with Crippen molar-refractivity contribution < 1.29 is 19.0 Å². The van der Waals surface area contributed by atoms with E-state index >= 15 is 0 Å². The second kappa shape index (κ2) is 7.85. The molecule has 0 aromatic heterocycles. The number of amides is 1. The molecule has 1 aliphatic carbocycles. The minimum atomic E-state index is -0.0895. The van der Waals surface area contributed by atoms with Crippen LogP contribution in [0.4, 0.5) is 0 Å². The van der Waals surface area contributed by atoms with Crippen LogP contribution < -0.4 is 5.32 Å². The Morgan fingerprint density at radius 2 is 1.80 bits per heavy atom. The monoisotopic (exact) mass is 345 g/mol. The summed E-state index contributed by atoms with van der Waals surface area (Å²) in [5.74, 6) is 0.338. The number of nitrogens with one attached hydrogen (secondary N) is 1. The van der Waals surface area contributed by atoms with E-state index in [1.807, 2.05) is 18.2 Å². The lowest BCUT2D eigenvalue weighted by Gasteiger charge is -2.24. The number of carbonyl (C=O) groups excluding carboxylic acids is 1. The molecule has 1 aromatic rings. The maximum Gasteiger partial charge on any atom is 0.223 e. The van der Waals surface area contributed by atoms with Crippen LogP contribution in [-0.2, 0) is 25.6 Å². The van der Waals surface area contributed by atoms with Gasteiger partial charge in [0, 0.05) is 5.92 Å². The van der Waals surface area contributed by atoms with Crippen molar-refractivity contribution in [1.29, 1.82) is 0 Å². The third kappa shape index (κ3) is 3.89. The molecule has 1 N–H and O–H groups in total. The summed E-state index contributed by atoms with van der Waals surface area (Å²) in [7, 11) is 0. The summed E-state index contributed by atoms with van der Waals surface area (Å²) in [6.07, 6.45) is 5.36. The van der Waals surface area contributed by atoms with Gasteiger partial charge in [0.05, 0.1) is 25.9 Å². The first-order valence-electron chi connectivity index (χ1n) is 9.50. The van der Waals surface area contributed by atoms with Crippen LogP contribution in [0.3, 0.4) is 0 Å². The van der Waals surface area contributed by atoms with E-state index in [1.165, 1.54) is 6.42 Å². The van der Waals surface area contributed by atoms with Crippen LogP contribution in [0.15, 0.2) is 30.3 Å². The van der Waals surface area contributed by atoms with Crippen LogP contribution in [0.1, 0.15) is 37.7 Å². The smallest absolute Gasteiger partial charge is 0.223 e. The molecule has 0 spiro atoms. The van der Waals surface area contributed by atoms with Gasteiger partial charge in [0.2, 0.25) is 5.91 Å². The minimum Gasteiger partial charge on any atom is -0.370 e. The van der Waals surface area contributed by atoms with Crippen LogP contribution in [0, 0.1) is 5.92 Å². The van der Waals surface area contributed by atoms with Gasteiger partial charge in [-0.15, -0.1) is 0 Å². The number of rotatable bonds is 5. The van der Waals surface area contributed by atoms with Gasteiger partial charge in [-0.2, -0.15) is 0 Å². The van der Waals surface area contributed by atoms with E-state index in [1.54, 1.807) is 0 Å². The first-order chi connectivity index (χ1) is 12.3. The molecule has 2 saturated heterocycles. The Hall–Kier alpha value is -1.43. The fourth-order valence-electron chi connectivity index (χ4n) is 4.17. The molecular weight excluding hydrogens is 318 g/mol. The number of benzene rings is 1. The van der Waals surface area contributed by atoms with E-state index < -0.39 is 0 Å². The molecule has 4 atom stereocenters. The third-order valence-electron chi connectivity index (χ3n) is 5.62. The zero-order valence-corrected chi connectivity index (χ0v) is 14.6. The zero-order valence-electron chi connectivity index (χ0n) is 14.6. The predicted octanol–water partition coefficient (Wildman–Crippen LogP) is 2.43. The van der Waals surface area contributed by atoms with Gasteiger partial charge in [-0.25, -0.2) is 0 Å². The van der Waals surface area contributed by atoms with E-state index in [-0.39, 0.29) is 36.2 Å². The Bertz CT molecular complexity index is 572. The first kappa shape index (κ1) is 17.0. The summed E-state index contributed by atoms with van der Waals surface area (Å²) in [5, 5.41) is 3.17. The first-order valence-corrected chi connectivity index (χ1v) is 9.50. The molecule has 5 heteroatoms. The van der Waals surface area contributed by atoms with Gasteiger partial charge in [0.1, 0.15) is 18.3 Å². The molecule has 25 heavy (non-hydrogen) atoms. The predicted molar refractivity (Wildman–Crippen MR) is 93.0 cm³/mol. The zero-order chi connectivity index (χ0) is 17.1. The highest BCUT2D eigenvalue weighted by molar-refractivity contribution is 5.79. The van der Waals surface area contributed by atoms with Gasteiger partial charge in [0.25, 0.3) is 0 Å². The molecule has 1 aromatic carbocycles. The van der Waals surface area contributed by atoms with Gasteiger partial charge in [-0.05, 0) is 18.4 Å². The van der Waals surface area contributed by atoms with Crippen molar-refractivity contribution in [3.63, 3.8) is 0 Å². The Kier molecular flexibility index (Phi) is 5.34. The molecule has 0 bridgehead atoms. The highest BCUT2D eigenvalue weighted by atomic mass is 16.6. The number of carbonyl (C=O) groups is 1. The molecule has 3 fully saturated rings. The van der Waals surface area contributed by atoms with Crippen LogP contribution in [-0.4, -0.2) is 43.5 Å². The fourth-order valence-corrected chi connectivity index (χ4v) is 4.17. The number of fused-ring (bicyclic) bond motifs is 1. The lowest BCUT2D eigenvalue weighted by atomic mass is 9.88.